The third-order valence-corrected chi connectivity index (χ3v) is 11.9. The number of hydrogen-bond acceptors (Lipinski definition) is 5. The molecule has 5 fully saturated rings. The maximum atomic E-state index is 12.4. The largest absolute Gasteiger partial charge is 0.462 e. The minimum atomic E-state index is -0.367. The third kappa shape index (κ3) is 4.06. The zero-order valence-corrected chi connectivity index (χ0v) is 21.6. The summed E-state index contributed by atoms with van der Waals surface area (Å²) in [5, 5.41) is 33.4. The Morgan fingerprint density at radius 1 is 0.971 bits per heavy atom. The Morgan fingerprint density at radius 2 is 1.71 bits per heavy atom. The van der Waals surface area contributed by atoms with E-state index in [9.17, 15) is 20.1 Å². The van der Waals surface area contributed by atoms with Crippen molar-refractivity contribution in [3.05, 3.63) is 0 Å². The van der Waals surface area contributed by atoms with E-state index in [1.165, 1.54) is 12.8 Å². The fourth-order valence-corrected chi connectivity index (χ4v) is 9.93. The Kier molecular flexibility index (Phi) is 6.87. The normalized spacial score (nSPS) is 49.7. The smallest absolute Gasteiger partial charge is 0.306 e. The number of esters is 1. The van der Waals surface area contributed by atoms with Crippen molar-refractivity contribution in [3.63, 3.8) is 0 Å². The van der Waals surface area contributed by atoms with Crippen LogP contribution in [0.4, 0.5) is 0 Å². The van der Waals surface area contributed by atoms with Crippen molar-refractivity contribution >= 4 is 5.97 Å². The molecule has 5 saturated carbocycles. The summed E-state index contributed by atoms with van der Waals surface area (Å²) in [6.45, 7) is 6.93. The van der Waals surface area contributed by atoms with Crippen LogP contribution in [0, 0.1) is 46.3 Å². The highest BCUT2D eigenvalue weighted by Gasteiger charge is 2.65. The lowest BCUT2D eigenvalue weighted by Crippen LogP contribution is -2.62. The number of rotatable bonds is 5. The predicted molar refractivity (Wildman–Crippen MR) is 131 cm³/mol. The molecular formula is C29H48O5. The number of carbonyl (C=O) groups excluding carboxylic acids is 1. The number of fused-ring (bicyclic) bond motifs is 5. The molecule has 0 aliphatic heterocycles. The van der Waals surface area contributed by atoms with Gasteiger partial charge in [-0.2, -0.15) is 0 Å². The van der Waals surface area contributed by atoms with Gasteiger partial charge in [-0.1, -0.05) is 20.8 Å². The Bertz CT molecular complexity index is 749. The predicted octanol–water partition coefficient (Wildman–Crippen LogP) is 4.85. The topological polar surface area (TPSA) is 87.0 Å². The average Bonchev–Trinajstić information content (AvgIpc) is 3.42. The van der Waals surface area contributed by atoms with Crippen LogP contribution in [0.3, 0.4) is 0 Å². The molecule has 5 heteroatoms. The Labute approximate surface area is 206 Å². The molecule has 5 nitrogen and oxygen atoms in total. The number of ether oxygens (including phenoxy) is 1. The van der Waals surface area contributed by atoms with E-state index in [2.05, 4.69) is 20.8 Å². The van der Waals surface area contributed by atoms with Gasteiger partial charge in [0.2, 0.25) is 0 Å². The van der Waals surface area contributed by atoms with Crippen molar-refractivity contribution in [1.29, 1.82) is 0 Å². The first-order chi connectivity index (χ1) is 16.1. The number of carbonyl (C=O) groups is 1. The van der Waals surface area contributed by atoms with Crippen molar-refractivity contribution in [3.8, 4) is 0 Å². The summed E-state index contributed by atoms with van der Waals surface area (Å²) in [5.41, 5.74) is -0.0898. The molecule has 34 heavy (non-hydrogen) atoms. The molecule has 194 valence electrons. The Hall–Kier alpha value is -0.650. The molecular weight excluding hydrogens is 428 g/mol. The molecule has 11 unspecified atom stereocenters. The molecule has 0 aromatic rings. The van der Waals surface area contributed by atoms with Crippen LogP contribution in [0.5, 0.6) is 0 Å². The fraction of sp³-hybridized carbons (Fsp3) is 0.966. The van der Waals surface area contributed by atoms with Gasteiger partial charge in [0.05, 0.1) is 18.3 Å². The molecule has 5 rings (SSSR count). The van der Waals surface area contributed by atoms with Crippen molar-refractivity contribution in [1.82, 2.24) is 0 Å². The molecule has 0 spiro atoms. The number of hydrogen-bond donors (Lipinski definition) is 3. The van der Waals surface area contributed by atoms with Crippen LogP contribution in [-0.4, -0.2) is 45.7 Å². The van der Waals surface area contributed by atoms with Crippen molar-refractivity contribution in [2.24, 2.45) is 46.3 Å². The highest BCUT2D eigenvalue weighted by molar-refractivity contribution is 5.69. The van der Waals surface area contributed by atoms with Crippen LogP contribution in [0.1, 0.15) is 104 Å². The molecule has 0 aromatic carbocycles. The number of aliphatic hydroxyl groups is 3. The van der Waals surface area contributed by atoms with Gasteiger partial charge in [0, 0.05) is 6.42 Å². The molecule has 0 heterocycles. The summed E-state index contributed by atoms with van der Waals surface area (Å²) < 4.78 is 5.69. The van der Waals surface area contributed by atoms with Crippen molar-refractivity contribution in [2.75, 3.05) is 0 Å². The van der Waals surface area contributed by atoms with Crippen LogP contribution in [0.2, 0.25) is 0 Å². The van der Waals surface area contributed by atoms with Crippen LogP contribution < -0.4 is 0 Å². The first kappa shape index (κ1) is 25.0. The van der Waals surface area contributed by atoms with Gasteiger partial charge < -0.3 is 20.1 Å². The Balaban J connectivity index is 1.28. The van der Waals surface area contributed by atoms with Gasteiger partial charge in [-0.05, 0) is 123 Å². The van der Waals surface area contributed by atoms with Crippen molar-refractivity contribution < 1.29 is 24.9 Å². The van der Waals surface area contributed by atoms with Crippen LogP contribution in [0.15, 0.2) is 0 Å². The molecule has 5 aliphatic rings. The Morgan fingerprint density at radius 3 is 2.44 bits per heavy atom. The molecule has 0 saturated heterocycles. The summed E-state index contributed by atoms with van der Waals surface area (Å²) in [7, 11) is 0. The molecule has 0 bridgehead atoms. The van der Waals surface area contributed by atoms with E-state index in [4.69, 9.17) is 4.74 Å². The van der Waals surface area contributed by atoms with Crippen LogP contribution in [0.25, 0.3) is 0 Å². The van der Waals surface area contributed by atoms with E-state index in [0.717, 1.165) is 64.2 Å². The lowest BCUT2D eigenvalue weighted by atomic mass is 9.43. The molecule has 5 aliphatic carbocycles. The maximum absolute atomic E-state index is 12.4. The SMILES string of the molecule is CC(CCC(=O)OC1CCCC1)C1CCC2C3C(O)CC4CC(O)CCC4(C)C3CC(O)C12C. The second-order valence-corrected chi connectivity index (χ2v) is 13.4. The highest BCUT2D eigenvalue weighted by Crippen LogP contribution is 2.68. The molecule has 3 N–H and O–H groups in total. The average molecular weight is 477 g/mol. The van der Waals surface area contributed by atoms with Gasteiger partial charge in [0.25, 0.3) is 0 Å². The fourth-order valence-electron chi connectivity index (χ4n) is 9.93. The minimum absolute atomic E-state index is 0.0520. The summed E-state index contributed by atoms with van der Waals surface area (Å²) in [6.07, 6.45) is 11.2. The standard InChI is InChI=1S/C29H48O5/c1-17(8-11-26(33)34-20-6-4-5-7-20)21-9-10-22-27-23(16-25(32)29(21,22)3)28(2)13-12-19(30)14-18(28)15-24(27)31/h17-25,27,30-32H,4-16H2,1-3H3. The third-order valence-electron chi connectivity index (χ3n) is 11.9. The van der Waals surface area contributed by atoms with Crippen LogP contribution >= 0.6 is 0 Å². The van der Waals surface area contributed by atoms with Gasteiger partial charge in [-0.25, -0.2) is 0 Å². The summed E-state index contributed by atoms with van der Waals surface area (Å²) in [6, 6.07) is 0. The van der Waals surface area contributed by atoms with E-state index in [-0.39, 0.29) is 47.1 Å². The molecule has 0 radical (unpaired) electrons. The zero-order valence-electron chi connectivity index (χ0n) is 21.6. The molecule has 11 atom stereocenters. The lowest BCUT2D eigenvalue weighted by Gasteiger charge is -2.63. The quantitative estimate of drug-likeness (QED) is 0.494. The number of aliphatic hydroxyl groups excluding tert-OH is 3. The van der Waals surface area contributed by atoms with E-state index < -0.39 is 0 Å². The minimum Gasteiger partial charge on any atom is -0.462 e. The highest BCUT2D eigenvalue weighted by atomic mass is 16.5. The maximum Gasteiger partial charge on any atom is 0.306 e. The molecule has 0 aromatic heterocycles. The van der Waals surface area contributed by atoms with Gasteiger partial charge in [0.15, 0.2) is 0 Å². The van der Waals surface area contributed by atoms with Gasteiger partial charge in [0.1, 0.15) is 6.10 Å². The summed E-state index contributed by atoms with van der Waals surface area (Å²) >= 11 is 0. The van der Waals surface area contributed by atoms with Crippen LogP contribution in [-0.2, 0) is 9.53 Å². The first-order valence-electron chi connectivity index (χ1n) is 14.4. The van der Waals surface area contributed by atoms with Gasteiger partial charge in [-0.3, -0.25) is 4.79 Å². The zero-order chi connectivity index (χ0) is 24.3. The van der Waals surface area contributed by atoms with Crippen molar-refractivity contribution in [2.45, 2.75) is 129 Å². The van der Waals surface area contributed by atoms with E-state index in [1.807, 2.05) is 0 Å². The van der Waals surface area contributed by atoms with Gasteiger partial charge in [-0.15, -0.1) is 0 Å². The molecule has 0 amide bonds. The van der Waals surface area contributed by atoms with Gasteiger partial charge >= 0.3 is 5.97 Å². The summed E-state index contributed by atoms with van der Waals surface area (Å²) in [4.78, 5) is 12.4. The summed E-state index contributed by atoms with van der Waals surface area (Å²) in [5.74, 6) is 1.94. The monoisotopic (exact) mass is 476 g/mol. The van der Waals surface area contributed by atoms with E-state index in [1.54, 1.807) is 0 Å². The first-order valence-corrected chi connectivity index (χ1v) is 14.4. The lowest BCUT2D eigenvalue weighted by molar-refractivity contribution is -0.207. The second-order valence-electron chi connectivity index (χ2n) is 13.4. The van der Waals surface area contributed by atoms with E-state index in [0.29, 0.717) is 36.0 Å². The second kappa shape index (κ2) is 9.34. The van der Waals surface area contributed by atoms with E-state index >= 15 is 0 Å².